The van der Waals surface area contributed by atoms with Gasteiger partial charge >= 0.3 is 0 Å². The van der Waals surface area contributed by atoms with Gasteiger partial charge in [0.15, 0.2) is 5.17 Å². The van der Waals surface area contributed by atoms with E-state index in [1.807, 2.05) is 53.4 Å². The van der Waals surface area contributed by atoms with Crippen molar-refractivity contribution in [3.8, 4) is 5.75 Å². The Morgan fingerprint density at radius 1 is 0.944 bits per heavy atom. The number of methoxy groups -OCH3 is 1. The number of amides is 1. The lowest BCUT2D eigenvalue weighted by Crippen LogP contribution is -2.32. The molecule has 2 aliphatic rings. The Labute approximate surface area is 221 Å². The van der Waals surface area contributed by atoms with Gasteiger partial charge in [-0.25, -0.2) is 0 Å². The maximum atomic E-state index is 13.9. The molecule has 1 fully saturated rings. The highest BCUT2D eigenvalue weighted by Gasteiger charge is 2.39. The van der Waals surface area contributed by atoms with Crippen LogP contribution in [0.15, 0.2) is 98.7 Å². The molecule has 1 saturated heterocycles. The van der Waals surface area contributed by atoms with Crippen molar-refractivity contribution in [2.45, 2.75) is 31.2 Å². The number of hydrogen-bond donors (Lipinski definition) is 0. The van der Waals surface area contributed by atoms with Gasteiger partial charge in [0.1, 0.15) is 15.7 Å². The van der Waals surface area contributed by atoms with Crippen LogP contribution in [0, 0.1) is 0 Å². The lowest BCUT2D eigenvalue weighted by molar-refractivity contribution is -0.122. The van der Waals surface area contributed by atoms with Gasteiger partial charge in [-0.2, -0.15) is 0 Å². The minimum absolute atomic E-state index is 0.0238. The molecule has 0 N–H and O–H groups in total. The minimum atomic E-state index is -0.0509. The van der Waals surface area contributed by atoms with Crippen LogP contribution in [0.25, 0.3) is 0 Å². The minimum Gasteiger partial charge on any atom is -0.497 e. The van der Waals surface area contributed by atoms with Crippen molar-refractivity contribution in [3.63, 3.8) is 0 Å². The van der Waals surface area contributed by atoms with Gasteiger partial charge < -0.3 is 9.64 Å². The highest BCUT2D eigenvalue weighted by atomic mass is 32.2. The molecule has 0 aromatic heterocycles. The number of carbonyl (C=O) groups is 1. The molecule has 1 unspecified atom stereocenters. The first-order chi connectivity index (χ1) is 17.6. The molecule has 3 aromatic rings. The summed E-state index contributed by atoms with van der Waals surface area (Å²) in [5.41, 5.74) is 3.42. The van der Waals surface area contributed by atoms with Crippen LogP contribution in [0.5, 0.6) is 5.75 Å². The number of rotatable bonds is 7. The van der Waals surface area contributed by atoms with E-state index >= 15 is 0 Å². The molecule has 0 radical (unpaired) electrons. The summed E-state index contributed by atoms with van der Waals surface area (Å²) in [6.07, 6.45) is 0.774. The van der Waals surface area contributed by atoms with E-state index in [0.29, 0.717) is 6.54 Å². The van der Waals surface area contributed by atoms with E-state index < -0.39 is 0 Å². The monoisotopic (exact) mass is 515 g/mol. The molecular formula is C29H29N3O2S2. The zero-order valence-corrected chi connectivity index (χ0v) is 22.3. The van der Waals surface area contributed by atoms with Crippen molar-refractivity contribution in [1.82, 2.24) is 4.90 Å². The second-order valence-electron chi connectivity index (χ2n) is 8.61. The molecule has 2 aliphatic heterocycles. The summed E-state index contributed by atoms with van der Waals surface area (Å²) >= 11 is 3.14. The van der Waals surface area contributed by atoms with Gasteiger partial charge in [-0.05, 0) is 55.3 Å². The van der Waals surface area contributed by atoms with E-state index in [1.165, 1.54) is 17.3 Å². The summed E-state index contributed by atoms with van der Waals surface area (Å²) in [6.45, 7) is 5.54. The normalized spacial score (nSPS) is 19.2. The number of nitrogens with zero attached hydrogens (tertiary/aromatic N) is 3. The highest BCUT2D eigenvalue weighted by Crippen LogP contribution is 2.51. The zero-order chi connectivity index (χ0) is 25.1. The Hall–Kier alpha value is -3.16. The van der Waals surface area contributed by atoms with Gasteiger partial charge in [0.2, 0.25) is 0 Å². The number of hydrogen-bond acceptors (Lipinski definition) is 6. The molecule has 5 rings (SSSR count). The molecule has 7 heteroatoms. The Kier molecular flexibility index (Phi) is 7.39. The first-order valence-corrected chi connectivity index (χ1v) is 13.8. The maximum absolute atomic E-state index is 13.9. The van der Waals surface area contributed by atoms with E-state index in [0.717, 1.165) is 50.0 Å². The molecule has 0 saturated carbocycles. The predicted molar refractivity (Wildman–Crippen MR) is 151 cm³/mol. The van der Waals surface area contributed by atoms with Gasteiger partial charge in [0.25, 0.3) is 5.91 Å². The first-order valence-electron chi connectivity index (χ1n) is 12.1. The van der Waals surface area contributed by atoms with Crippen molar-refractivity contribution in [2.75, 3.05) is 25.1 Å². The molecule has 2 heterocycles. The SMILES string of the molecule is CCN1/C(=C2/SC(=NC(C)c3ccccc3)N(CCc3ccccc3)C2=O)Sc2ccc(OC)cc21. The molecule has 0 aliphatic carbocycles. The van der Waals surface area contributed by atoms with E-state index in [9.17, 15) is 4.79 Å². The van der Waals surface area contributed by atoms with Gasteiger partial charge in [0, 0.05) is 24.1 Å². The van der Waals surface area contributed by atoms with E-state index in [1.54, 1.807) is 18.9 Å². The Morgan fingerprint density at radius 2 is 1.67 bits per heavy atom. The lowest BCUT2D eigenvalue weighted by Gasteiger charge is -2.20. The van der Waals surface area contributed by atoms with Crippen molar-refractivity contribution in [2.24, 2.45) is 4.99 Å². The third-order valence-corrected chi connectivity index (χ3v) is 8.73. The number of aliphatic imine (C=N–C) groups is 1. The first kappa shape index (κ1) is 24.5. The summed E-state index contributed by atoms with van der Waals surface area (Å²) in [5, 5.41) is 1.73. The van der Waals surface area contributed by atoms with Crippen molar-refractivity contribution in [3.05, 3.63) is 99.9 Å². The number of anilines is 1. The average Bonchev–Trinajstić information content (AvgIpc) is 3.44. The van der Waals surface area contributed by atoms with Crippen LogP contribution >= 0.6 is 23.5 Å². The molecule has 0 spiro atoms. The third kappa shape index (κ3) is 4.90. The largest absolute Gasteiger partial charge is 0.497 e. The van der Waals surface area contributed by atoms with Gasteiger partial charge in [-0.1, -0.05) is 72.4 Å². The summed E-state index contributed by atoms with van der Waals surface area (Å²) in [4.78, 5) is 24.9. The second kappa shape index (κ2) is 10.8. The third-order valence-electron chi connectivity index (χ3n) is 6.34. The van der Waals surface area contributed by atoms with E-state index in [2.05, 4.69) is 49.1 Å². The number of thioether (sulfide) groups is 2. The fraction of sp³-hybridized carbons (Fsp3) is 0.241. The van der Waals surface area contributed by atoms with Gasteiger partial charge in [-0.15, -0.1) is 0 Å². The van der Waals surface area contributed by atoms with Crippen molar-refractivity contribution >= 4 is 40.3 Å². The van der Waals surface area contributed by atoms with Crippen LogP contribution in [0.4, 0.5) is 5.69 Å². The van der Waals surface area contributed by atoms with Crippen LogP contribution in [0.2, 0.25) is 0 Å². The Morgan fingerprint density at radius 3 is 2.36 bits per heavy atom. The molecule has 1 amide bonds. The number of carbonyl (C=O) groups excluding carboxylic acids is 1. The zero-order valence-electron chi connectivity index (χ0n) is 20.7. The molecule has 1 atom stereocenters. The fourth-order valence-corrected chi connectivity index (χ4v) is 6.82. The number of fused-ring (bicyclic) bond motifs is 1. The quantitative estimate of drug-likeness (QED) is 0.327. The summed E-state index contributed by atoms with van der Waals surface area (Å²) in [5.74, 6) is 0.837. The highest BCUT2D eigenvalue weighted by molar-refractivity contribution is 8.19. The molecule has 0 bridgehead atoms. The smallest absolute Gasteiger partial charge is 0.269 e. The molecule has 5 nitrogen and oxygen atoms in total. The molecular weight excluding hydrogens is 486 g/mol. The van der Waals surface area contributed by atoms with Crippen molar-refractivity contribution in [1.29, 1.82) is 0 Å². The Balaban J connectivity index is 1.50. The van der Waals surface area contributed by atoms with Crippen LogP contribution in [0.1, 0.15) is 31.0 Å². The summed E-state index contributed by atoms with van der Waals surface area (Å²) in [7, 11) is 1.68. The molecule has 184 valence electrons. The number of benzene rings is 3. The van der Waals surface area contributed by atoms with Crippen molar-refractivity contribution < 1.29 is 9.53 Å². The lowest BCUT2D eigenvalue weighted by atomic mass is 10.1. The van der Waals surface area contributed by atoms with Gasteiger partial charge in [0.05, 0.1) is 18.8 Å². The van der Waals surface area contributed by atoms with Gasteiger partial charge in [-0.3, -0.25) is 14.7 Å². The number of ether oxygens (including phenoxy) is 1. The van der Waals surface area contributed by atoms with E-state index in [-0.39, 0.29) is 11.9 Å². The van der Waals surface area contributed by atoms with Crippen LogP contribution in [-0.4, -0.2) is 36.2 Å². The maximum Gasteiger partial charge on any atom is 0.269 e. The van der Waals surface area contributed by atoms with Crippen LogP contribution in [-0.2, 0) is 11.2 Å². The Bertz CT molecular complexity index is 1310. The topological polar surface area (TPSA) is 45.1 Å². The second-order valence-corrected chi connectivity index (χ2v) is 10.6. The summed E-state index contributed by atoms with van der Waals surface area (Å²) < 4.78 is 5.46. The fourth-order valence-electron chi connectivity index (χ4n) is 4.36. The van der Waals surface area contributed by atoms with Crippen LogP contribution < -0.4 is 9.64 Å². The van der Waals surface area contributed by atoms with E-state index in [4.69, 9.17) is 9.73 Å². The standard InChI is InChI=1S/C29H29N3O2S2/c1-4-31-24-19-23(34-3)15-16-25(24)35-28(31)26-27(33)32(18-17-21-11-7-5-8-12-21)29(36-26)30-20(2)22-13-9-6-10-14-22/h5-16,19-20H,4,17-18H2,1-3H3/b28-26-,30-29?. The predicted octanol–water partition coefficient (Wildman–Crippen LogP) is 6.73. The van der Waals surface area contributed by atoms with Crippen LogP contribution in [0.3, 0.4) is 0 Å². The molecule has 36 heavy (non-hydrogen) atoms. The summed E-state index contributed by atoms with van der Waals surface area (Å²) in [6, 6.07) is 26.6. The number of amidine groups is 1. The molecule has 3 aromatic carbocycles. The average molecular weight is 516 g/mol.